The van der Waals surface area contributed by atoms with E-state index >= 15 is 0 Å². The van der Waals surface area contributed by atoms with Crippen LogP contribution in [0, 0.1) is 5.92 Å². The number of methoxy groups -OCH3 is 2. The summed E-state index contributed by atoms with van der Waals surface area (Å²) < 4.78 is 9.17. The average Bonchev–Trinajstić information content (AvgIpc) is 2.62. The van der Waals surface area contributed by atoms with Crippen molar-refractivity contribution in [2.75, 3.05) is 14.2 Å². The Morgan fingerprint density at radius 2 is 1.84 bits per heavy atom. The molecule has 0 aromatic heterocycles. The SMILES string of the molecule is COC(=O)C1=C(C(=O)OC)[C@]2(O)C=C[C@H]1C=CC2=O. The van der Waals surface area contributed by atoms with Gasteiger partial charge in [-0.25, -0.2) is 9.59 Å². The van der Waals surface area contributed by atoms with Gasteiger partial charge in [-0.15, -0.1) is 0 Å². The summed E-state index contributed by atoms with van der Waals surface area (Å²) in [7, 11) is 2.26. The Balaban J connectivity index is 2.73. The van der Waals surface area contributed by atoms with E-state index in [1.54, 1.807) is 0 Å². The van der Waals surface area contributed by atoms with Crippen LogP contribution in [0.1, 0.15) is 0 Å². The molecule has 3 aliphatic rings. The van der Waals surface area contributed by atoms with Crippen molar-refractivity contribution in [2.24, 2.45) is 5.92 Å². The Morgan fingerprint density at radius 1 is 1.21 bits per heavy atom. The molecule has 100 valence electrons. The largest absolute Gasteiger partial charge is 0.466 e. The van der Waals surface area contributed by atoms with Gasteiger partial charge in [-0.1, -0.05) is 12.2 Å². The third-order valence-electron chi connectivity index (χ3n) is 3.15. The standard InChI is InChI=1S/C13H12O6/c1-18-11(15)9-7-3-4-8(14)13(17,6-5-7)10(9)12(16)19-2/h3-7,17H,1-2H3/t7-,13+/m1/s1. The fourth-order valence-corrected chi connectivity index (χ4v) is 2.19. The minimum Gasteiger partial charge on any atom is -0.466 e. The van der Waals surface area contributed by atoms with Crippen LogP contribution in [0.3, 0.4) is 0 Å². The lowest BCUT2D eigenvalue weighted by Crippen LogP contribution is -2.43. The van der Waals surface area contributed by atoms with E-state index in [-0.39, 0.29) is 11.1 Å². The summed E-state index contributed by atoms with van der Waals surface area (Å²) in [5.41, 5.74) is -2.65. The lowest BCUT2D eigenvalue weighted by atomic mass is 9.79. The van der Waals surface area contributed by atoms with Crippen LogP contribution in [-0.4, -0.2) is 42.6 Å². The van der Waals surface area contributed by atoms with Gasteiger partial charge in [0, 0.05) is 5.92 Å². The first-order valence-electron chi connectivity index (χ1n) is 5.51. The Labute approximate surface area is 109 Å². The van der Waals surface area contributed by atoms with Crippen molar-refractivity contribution >= 4 is 17.7 Å². The zero-order chi connectivity index (χ0) is 14.2. The summed E-state index contributed by atoms with van der Waals surface area (Å²) in [6.07, 6.45) is 5.24. The molecular formula is C13H12O6. The van der Waals surface area contributed by atoms with E-state index in [9.17, 15) is 19.5 Å². The third kappa shape index (κ3) is 1.80. The van der Waals surface area contributed by atoms with Gasteiger partial charge in [0.15, 0.2) is 11.4 Å². The van der Waals surface area contributed by atoms with Crippen LogP contribution in [0.5, 0.6) is 0 Å². The van der Waals surface area contributed by atoms with Crippen molar-refractivity contribution in [1.29, 1.82) is 0 Å². The van der Waals surface area contributed by atoms with Gasteiger partial charge in [-0.05, 0) is 12.2 Å². The molecular weight excluding hydrogens is 252 g/mol. The molecule has 1 N–H and O–H groups in total. The highest BCUT2D eigenvalue weighted by Gasteiger charge is 2.49. The van der Waals surface area contributed by atoms with Crippen molar-refractivity contribution < 1.29 is 29.0 Å². The first kappa shape index (κ1) is 13.2. The average molecular weight is 264 g/mol. The minimum absolute atomic E-state index is 0.0820. The van der Waals surface area contributed by atoms with Gasteiger partial charge in [0.1, 0.15) is 0 Å². The second kappa shape index (κ2) is 4.47. The van der Waals surface area contributed by atoms with E-state index in [0.29, 0.717) is 0 Å². The van der Waals surface area contributed by atoms with Gasteiger partial charge < -0.3 is 14.6 Å². The van der Waals surface area contributed by atoms with Crippen LogP contribution in [0.2, 0.25) is 0 Å². The van der Waals surface area contributed by atoms with Crippen LogP contribution in [0.4, 0.5) is 0 Å². The van der Waals surface area contributed by atoms with Gasteiger partial charge in [0.2, 0.25) is 0 Å². The highest BCUT2D eigenvalue weighted by atomic mass is 16.5. The second-order valence-electron chi connectivity index (χ2n) is 4.15. The maximum absolute atomic E-state index is 11.9. The number of ketones is 1. The number of allylic oxidation sites excluding steroid dienone is 2. The normalized spacial score (nSPS) is 28.4. The Hall–Kier alpha value is -2.21. The highest BCUT2D eigenvalue weighted by molar-refractivity contribution is 6.14. The molecule has 0 radical (unpaired) electrons. The first-order chi connectivity index (χ1) is 8.95. The molecule has 0 amide bonds. The van der Waals surface area contributed by atoms with Gasteiger partial charge in [0.25, 0.3) is 0 Å². The molecule has 2 bridgehead atoms. The van der Waals surface area contributed by atoms with Gasteiger partial charge in [-0.2, -0.15) is 0 Å². The van der Waals surface area contributed by atoms with Crippen LogP contribution in [-0.2, 0) is 23.9 Å². The zero-order valence-corrected chi connectivity index (χ0v) is 10.4. The van der Waals surface area contributed by atoms with Crippen molar-refractivity contribution in [1.82, 2.24) is 0 Å². The van der Waals surface area contributed by atoms with Gasteiger partial charge >= 0.3 is 11.9 Å². The first-order valence-corrected chi connectivity index (χ1v) is 5.51. The summed E-state index contributed by atoms with van der Waals surface area (Å²) in [5, 5.41) is 10.4. The van der Waals surface area contributed by atoms with Crippen molar-refractivity contribution in [3.63, 3.8) is 0 Å². The molecule has 0 aliphatic heterocycles. The van der Waals surface area contributed by atoms with Crippen LogP contribution < -0.4 is 0 Å². The maximum Gasteiger partial charge on any atom is 0.338 e. The molecule has 0 aromatic rings. The molecule has 0 aromatic carbocycles. The number of ether oxygens (including phenoxy) is 2. The van der Waals surface area contributed by atoms with Gasteiger partial charge in [0.05, 0.1) is 25.4 Å². The van der Waals surface area contributed by atoms with Crippen molar-refractivity contribution in [3.05, 3.63) is 35.5 Å². The number of aliphatic hydroxyl groups is 1. The molecule has 2 atom stereocenters. The predicted molar refractivity (Wildman–Crippen MR) is 62.8 cm³/mol. The molecule has 3 aliphatic carbocycles. The Kier molecular flexibility index (Phi) is 3.11. The quantitative estimate of drug-likeness (QED) is 0.543. The summed E-state index contributed by atoms with van der Waals surface area (Å²) in [4.78, 5) is 35.5. The van der Waals surface area contributed by atoms with E-state index in [0.717, 1.165) is 20.3 Å². The fourth-order valence-electron chi connectivity index (χ4n) is 2.19. The molecule has 0 saturated carbocycles. The summed E-state index contributed by atoms with van der Waals surface area (Å²) in [6, 6.07) is 0. The maximum atomic E-state index is 11.9. The smallest absolute Gasteiger partial charge is 0.338 e. The lowest BCUT2D eigenvalue weighted by molar-refractivity contribution is -0.143. The molecule has 0 unspecified atom stereocenters. The minimum atomic E-state index is -2.18. The van der Waals surface area contributed by atoms with Crippen LogP contribution in [0.15, 0.2) is 35.5 Å². The van der Waals surface area contributed by atoms with E-state index in [1.807, 2.05) is 0 Å². The molecule has 0 saturated heterocycles. The predicted octanol–water partition coefficient (Wildman–Crippen LogP) is -0.315. The Bertz CT molecular complexity index is 553. The highest BCUT2D eigenvalue weighted by Crippen LogP contribution is 2.38. The lowest BCUT2D eigenvalue weighted by Gasteiger charge is -2.28. The van der Waals surface area contributed by atoms with Crippen molar-refractivity contribution in [2.45, 2.75) is 5.60 Å². The summed E-state index contributed by atoms with van der Waals surface area (Å²) in [5.74, 6) is -3.03. The molecule has 6 heteroatoms. The molecule has 0 spiro atoms. The number of carbonyl (C=O) groups excluding carboxylic acids is 3. The number of fused-ring (bicyclic) bond motifs is 1. The Morgan fingerprint density at radius 3 is 2.42 bits per heavy atom. The second-order valence-corrected chi connectivity index (χ2v) is 4.15. The van der Waals surface area contributed by atoms with Crippen molar-refractivity contribution in [3.8, 4) is 0 Å². The summed E-state index contributed by atoms with van der Waals surface area (Å²) in [6.45, 7) is 0. The van der Waals surface area contributed by atoms with E-state index < -0.39 is 29.2 Å². The number of hydrogen-bond acceptors (Lipinski definition) is 6. The van der Waals surface area contributed by atoms with Crippen LogP contribution >= 0.6 is 0 Å². The monoisotopic (exact) mass is 264 g/mol. The van der Waals surface area contributed by atoms with E-state index in [2.05, 4.69) is 9.47 Å². The molecule has 3 rings (SSSR count). The molecule has 0 fully saturated rings. The van der Waals surface area contributed by atoms with E-state index in [4.69, 9.17) is 0 Å². The number of esters is 2. The topological polar surface area (TPSA) is 89.9 Å². The number of carbonyl (C=O) groups is 3. The summed E-state index contributed by atoms with van der Waals surface area (Å²) >= 11 is 0. The van der Waals surface area contributed by atoms with E-state index in [1.165, 1.54) is 18.2 Å². The number of rotatable bonds is 2. The molecule has 0 heterocycles. The third-order valence-corrected chi connectivity index (χ3v) is 3.15. The molecule has 6 nitrogen and oxygen atoms in total. The number of hydrogen-bond donors (Lipinski definition) is 1. The zero-order valence-electron chi connectivity index (χ0n) is 10.4. The van der Waals surface area contributed by atoms with Crippen LogP contribution in [0.25, 0.3) is 0 Å². The van der Waals surface area contributed by atoms with Gasteiger partial charge in [-0.3, -0.25) is 4.79 Å². The fraction of sp³-hybridized carbons (Fsp3) is 0.308. The molecule has 19 heavy (non-hydrogen) atoms.